The summed E-state index contributed by atoms with van der Waals surface area (Å²) in [6, 6.07) is 6.84. The van der Waals surface area contributed by atoms with Gasteiger partial charge in [-0.25, -0.2) is 4.39 Å². The van der Waals surface area contributed by atoms with Gasteiger partial charge in [0.25, 0.3) is 0 Å². The van der Waals surface area contributed by atoms with E-state index >= 15 is 0 Å². The third-order valence-corrected chi connectivity index (χ3v) is 2.32. The smallest absolute Gasteiger partial charge is 0.130 e. The first-order chi connectivity index (χ1) is 6.25. The van der Waals surface area contributed by atoms with E-state index in [1.807, 2.05) is 19.1 Å². The van der Waals surface area contributed by atoms with E-state index in [9.17, 15) is 4.39 Å². The Bertz CT molecular complexity index is 305. The van der Waals surface area contributed by atoms with Crippen LogP contribution in [0.2, 0.25) is 0 Å². The van der Waals surface area contributed by atoms with E-state index in [4.69, 9.17) is 0 Å². The van der Waals surface area contributed by atoms with Crippen LogP contribution in [0.4, 0.5) is 4.39 Å². The molecule has 0 saturated carbocycles. The van der Waals surface area contributed by atoms with Gasteiger partial charge in [0, 0.05) is 10.9 Å². The van der Waals surface area contributed by atoms with Gasteiger partial charge in [0.1, 0.15) is 5.82 Å². The molecule has 0 radical (unpaired) electrons. The molecular weight excluding hydrogens is 231 g/mol. The quantitative estimate of drug-likeness (QED) is 0.703. The number of benzene rings is 1. The van der Waals surface area contributed by atoms with Crippen molar-refractivity contribution in [2.24, 2.45) is 0 Å². The maximum absolute atomic E-state index is 13.2. The van der Waals surface area contributed by atoms with Crippen LogP contribution in [0.1, 0.15) is 18.9 Å². The van der Waals surface area contributed by atoms with E-state index in [2.05, 4.69) is 15.9 Å². The van der Waals surface area contributed by atoms with Crippen LogP contribution in [-0.2, 0) is 0 Å². The van der Waals surface area contributed by atoms with Crippen LogP contribution in [0.3, 0.4) is 0 Å². The predicted octanol–water partition coefficient (Wildman–Crippen LogP) is 4.01. The number of rotatable bonds is 3. The summed E-state index contributed by atoms with van der Waals surface area (Å²) in [5.74, 6) is -0.147. The van der Waals surface area contributed by atoms with Crippen molar-refractivity contribution < 1.29 is 4.39 Å². The summed E-state index contributed by atoms with van der Waals surface area (Å²) in [7, 11) is 0. The predicted molar refractivity (Wildman–Crippen MR) is 58.5 cm³/mol. The molecule has 0 aliphatic carbocycles. The first-order valence-electron chi connectivity index (χ1n) is 4.23. The fourth-order valence-electron chi connectivity index (χ4n) is 1.16. The summed E-state index contributed by atoms with van der Waals surface area (Å²) in [4.78, 5) is 0. The van der Waals surface area contributed by atoms with Gasteiger partial charge in [-0.05, 0) is 25.0 Å². The standard InChI is InChI=1S/C11H12BrF/c1-9(5-4-8-12)10-6-2-3-7-11(10)13/h2-3,5-7H,4,8H2,1H3. The van der Waals surface area contributed by atoms with Crippen molar-refractivity contribution >= 4 is 21.5 Å². The molecule has 0 heterocycles. The van der Waals surface area contributed by atoms with Crippen molar-refractivity contribution in [2.45, 2.75) is 13.3 Å². The Kier molecular flexibility index (Phi) is 4.16. The Morgan fingerprint density at radius 2 is 2.15 bits per heavy atom. The van der Waals surface area contributed by atoms with Crippen LogP contribution < -0.4 is 0 Å². The second-order valence-electron chi connectivity index (χ2n) is 2.84. The second kappa shape index (κ2) is 5.18. The summed E-state index contributed by atoms with van der Waals surface area (Å²) in [5.41, 5.74) is 1.70. The Morgan fingerprint density at radius 1 is 1.46 bits per heavy atom. The second-order valence-corrected chi connectivity index (χ2v) is 3.64. The average Bonchev–Trinajstić information content (AvgIpc) is 2.15. The molecule has 1 aromatic carbocycles. The van der Waals surface area contributed by atoms with Crippen LogP contribution in [-0.4, -0.2) is 5.33 Å². The molecule has 0 unspecified atom stereocenters. The van der Waals surface area contributed by atoms with E-state index in [1.165, 1.54) is 6.07 Å². The molecule has 0 saturated heterocycles. The van der Waals surface area contributed by atoms with Gasteiger partial charge in [-0.1, -0.05) is 40.2 Å². The lowest BCUT2D eigenvalue weighted by Gasteiger charge is -2.02. The highest BCUT2D eigenvalue weighted by Gasteiger charge is 2.00. The van der Waals surface area contributed by atoms with Gasteiger partial charge in [0.2, 0.25) is 0 Å². The first kappa shape index (κ1) is 10.5. The molecular formula is C11H12BrF. The van der Waals surface area contributed by atoms with E-state index in [0.29, 0.717) is 5.56 Å². The van der Waals surface area contributed by atoms with Crippen molar-refractivity contribution in [1.29, 1.82) is 0 Å². The number of hydrogen-bond donors (Lipinski definition) is 0. The van der Waals surface area contributed by atoms with Crippen LogP contribution in [0, 0.1) is 5.82 Å². The van der Waals surface area contributed by atoms with Gasteiger partial charge in [0.05, 0.1) is 0 Å². The molecule has 0 bridgehead atoms. The molecule has 0 nitrogen and oxygen atoms in total. The van der Waals surface area contributed by atoms with Crippen molar-refractivity contribution in [3.8, 4) is 0 Å². The Labute approximate surface area is 86.6 Å². The lowest BCUT2D eigenvalue weighted by molar-refractivity contribution is 0.624. The third-order valence-electron chi connectivity index (χ3n) is 1.86. The van der Waals surface area contributed by atoms with Crippen molar-refractivity contribution in [1.82, 2.24) is 0 Å². The monoisotopic (exact) mass is 242 g/mol. The Balaban J connectivity index is 2.88. The van der Waals surface area contributed by atoms with E-state index in [0.717, 1.165) is 17.3 Å². The molecule has 0 N–H and O–H groups in total. The number of hydrogen-bond acceptors (Lipinski definition) is 0. The van der Waals surface area contributed by atoms with Gasteiger partial charge in [-0.2, -0.15) is 0 Å². The topological polar surface area (TPSA) is 0 Å². The summed E-state index contributed by atoms with van der Waals surface area (Å²) in [5, 5.41) is 0.915. The lowest BCUT2D eigenvalue weighted by atomic mass is 10.1. The molecule has 0 atom stereocenters. The summed E-state index contributed by atoms with van der Waals surface area (Å²) < 4.78 is 13.2. The van der Waals surface area contributed by atoms with Gasteiger partial charge in [0.15, 0.2) is 0 Å². The average molecular weight is 243 g/mol. The molecule has 0 aromatic heterocycles. The normalized spacial score (nSPS) is 11.8. The highest BCUT2D eigenvalue weighted by Crippen LogP contribution is 2.17. The summed E-state index contributed by atoms with van der Waals surface area (Å²) in [6.07, 6.45) is 2.97. The Morgan fingerprint density at radius 3 is 2.77 bits per heavy atom. The summed E-state index contributed by atoms with van der Waals surface area (Å²) in [6.45, 7) is 1.93. The molecule has 1 rings (SSSR count). The maximum Gasteiger partial charge on any atom is 0.130 e. The SMILES string of the molecule is CC(=CCCBr)c1ccccc1F. The fourth-order valence-corrected chi connectivity index (χ4v) is 1.39. The molecule has 0 aliphatic heterocycles. The van der Waals surface area contributed by atoms with Gasteiger partial charge in [-0.3, -0.25) is 0 Å². The van der Waals surface area contributed by atoms with Crippen molar-refractivity contribution in [3.05, 3.63) is 41.7 Å². The molecule has 0 amide bonds. The Hall–Kier alpha value is -0.630. The molecule has 1 aromatic rings. The number of alkyl halides is 1. The van der Waals surface area contributed by atoms with Crippen LogP contribution in [0.5, 0.6) is 0 Å². The minimum Gasteiger partial charge on any atom is -0.206 e. The minimum absolute atomic E-state index is 0.147. The first-order valence-corrected chi connectivity index (χ1v) is 5.35. The molecule has 13 heavy (non-hydrogen) atoms. The zero-order chi connectivity index (χ0) is 9.68. The largest absolute Gasteiger partial charge is 0.206 e. The maximum atomic E-state index is 13.2. The molecule has 0 fully saturated rings. The van der Waals surface area contributed by atoms with Gasteiger partial charge in [-0.15, -0.1) is 0 Å². The molecule has 70 valence electrons. The van der Waals surface area contributed by atoms with E-state index in [-0.39, 0.29) is 5.82 Å². The third kappa shape index (κ3) is 2.96. The highest BCUT2D eigenvalue weighted by molar-refractivity contribution is 9.09. The molecule has 0 spiro atoms. The zero-order valence-corrected chi connectivity index (χ0v) is 9.14. The van der Waals surface area contributed by atoms with Crippen LogP contribution in [0.15, 0.2) is 30.3 Å². The van der Waals surface area contributed by atoms with Crippen LogP contribution in [0.25, 0.3) is 5.57 Å². The van der Waals surface area contributed by atoms with Crippen molar-refractivity contribution in [3.63, 3.8) is 0 Å². The van der Waals surface area contributed by atoms with Crippen molar-refractivity contribution in [2.75, 3.05) is 5.33 Å². The van der Waals surface area contributed by atoms with E-state index < -0.39 is 0 Å². The van der Waals surface area contributed by atoms with Gasteiger partial charge < -0.3 is 0 Å². The van der Waals surface area contributed by atoms with Gasteiger partial charge >= 0.3 is 0 Å². The van der Waals surface area contributed by atoms with Crippen LogP contribution >= 0.6 is 15.9 Å². The lowest BCUT2D eigenvalue weighted by Crippen LogP contribution is -1.85. The number of allylic oxidation sites excluding steroid dienone is 2. The molecule has 0 aliphatic rings. The van der Waals surface area contributed by atoms with E-state index in [1.54, 1.807) is 12.1 Å². The fraction of sp³-hybridized carbons (Fsp3) is 0.273. The number of halogens is 2. The zero-order valence-electron chi connectivity index (χ0n) is 7.56. The minimum atomic E-state index is -0.147. The molecule has 2 heteroatoms. The summed E-state index contributed by atoms with van der Waals surface area (Å²) >= 11 is 3.33. The highest BCUT2D eigenvalue weighted by atomic mass is 79.9.